The van der Waals surface area contributed by atoms with Crippen LogP contribution in [0.1, 0.15) is 21.5 Å². The fourth-order valence-corrected chi connectivity index (χ4v) is 2.90. The molecule has 0 saturated heterocycles. The minimum absolute atomic E-state index is 0.0223. The smallest absolute Gasteiger partial charge is 0.255 e. The van der Waals surface area contributed by atoms with Gasteiger partial charge < -0.3 is 9.80 Å². The Morgan fingerprint density at radius 3 is 2.00 bits per heavy atom. The largest absolute Gasteiger partial charge is 0.373 e. The summed E-state index contributed by atoms with van der Waals surface area (Å²) in [6, 6.07) is 9.88. The van der Waals surface area contributed by atoms with Gasteiger partial charge in [-0.05, 0) is 54.3 Å². The van der Waals surface area contributed by atoms with Crippen LogP contribution in [0.4, 0.5) is 5.69 Å². The Bertz CT molecular complexity index is 886. The van der Waals surface area contributed by atoms with Crippen molar-refractivity contribution in [3.05, 3.63) is 84.2 Å². The minimum atomic E-state index is -0.0223. The maximum absolute atomic E-state index is 12.8. The van der Waals surface area contributed by atoms with E-state index in [0.29, 0.717) is 12.1 Å². The van der Waals surface area contributed by atoms with Crippen molar-refractivity contribution < 1.29 is 4.79 Å². The lowest BCUT2D eigenvalue weighted by Crippen LogP contribution is -2.29. The standard InChI is InChI=1S/C22H25N5O/c1-26(13-7-18-3-9-23-10-4-18)21-15-20(16-25-17-21)22(28)27(2)14-8-19-5-11-24-12-6-19/h3-6,9-12,15-17H,7-8,13-14H2,1-2H3. The normalized spacial score (nSPS) is 10.5. The molecule has 3 aromatic rings. The summed E-state index contributed by atoms with van der Waals surface area (Å²) in [6.45, 7) is 1.48. The lowest BCUT2D eigenvalue weighted by atomic mass is 10.1. The van der Waals surface area contributed by atoms with Crippen LogP contribution in [0, 0.1) is 0 Å². The lowest BCUT2D eigenvalue weighted by Gasteiger charge is -2.21. The number of carbonyl (C=O) groups is 1. The Morgan fingerprint density at radius 1 is 0.821 bits per heavy atom. The highest BCUT2D eigenvalue weighted by molar-refractivity contribution is 5.94. The zero-order valence-electron chi connectivity index (χ0n) is 16.3. The van der Waals surface area contributed by atoms with Gasteiger partial charge in [-0.15, -0.1) is 0 Å². The predicted molar refractivity (Wildman–Crippen MR) is 110 cm³/mol. The molecular formula is C22H25N5O. The van der Waals surface area contributed by atoms with Crippen molar-refractivity contribution >= 4 is 11.6 Å². The van der Waals surface area contributed by atoms with E-state index in [4.69, 9.17) is 0 Å². The van der Waals surface area contributed by atoms with Gasteiger partial charge in [-0.3, -0.25) is 19.7 Å². The summed E-state index contributed by atoms with van der Waals surface area (Å²) < 4.78 is 0. The monoisotopic (exact) mass is 375 g/mol. The molecule has 0 bridgehead atoms. The molecular weight excluding hydrogens is 350 g/mol. The van der Waals surface area contributed by atoms with E-state index < -0.39 is 0 Å². The maximum Gasteiger partial charge on any atom is 0.255 e. The Morgan fingerprint density at radius 2 is 1.39 bits per heavy atom. The van der Waals surface area contributed by atoms with Crippen LogP contribution in [0.5, 0.6) is 0 Å². The SMILES string of the molecule is CN(CCc1ccncc1)C(=O)c1cncc(N(C)CCc2ccncc2)c1. The molecule has 0 aliphatic heterocycles. The number of hydrogen-bond donors (Lipinski definition) is 0. The van der Waals surface area contributed by atoms with Gasteiger partial charge in [-0.1, -0.05) is 0 Å². The minimum Gasteiger partial charge on any atom is -0.373 e. The van der Waals surface area contributed by atoms with E-state index in [9.17, 15) is 4.79 Å². The summed E-state index contributed by atoms with van der Waals surface area (Å²) >= 11 is 0. The van der Waals surface area contributed by atoms with Crippen LogP contribution in [0.2, 0.25) is 0 Å². The summed E-state index contributed by atoms with van der Waals surface area (Å²) in [5, 5.41) is 0. The molecule has 144 valence electrons. The molecule has 0 unspecified atom stereocenters. The second kappa shape index (κ2) is 9.60. The topological polar surface area (TPSA) is 62.2 Å². The van der Waals surface area contributed by atoms with Gasteiger partial charge in [0.2, 0.25) is 0 Å². The number of rotatable bonds is 8. The van der Waals surface area contributed by atoms with Crippen LogP contribution in [-0.4, -0.2) is 52.9 Å². The van der Waals surface area contributed by atoms with Gasteiger partial charge in [0, 0.05) is 58.2 Å². The predicted octanol–water partition coefficient (Wildman–Crippen LogP) is 2.87. The molecule has 0 N–H and O–H groups in total. The molecule has 0 aromatic carbocycles. The first-order valence-electron chi connectivity index (χ1n) is 9.33. The zero-order valence-corrected chi connectivity index (χ0v) is 16.3. The highest BCUT2D eigenvalue weighted by atomic mass is 16.2. The molecule has 0 radical (unpaired) electrons. The highest BCUT2D eigenvalue weighted by Crippen LogP contribution is 2.15. The van der Waals surface area contributed by atoms with E-state index >= 15 is 0 Å². The molecule has 6 heteroatoms. The molecule has 0 fully saturated rings. The quantitative estimate of drug-likeness (QED) is 0.606. The van der Waals surface area contributed by atoms with Crippen molar-refractivity contribution in [3.63, 3.8) is 0 Å². The van der Waals surface area contributed by atoms with Gasteiger partial charge in [-0.2, -0.15) is 0 Å². The van der Waals surface area contributed by atoms with Gasteiger partial charge >= 0.3 is 0 Å². The van der Waals surface area contributed by atoms with Crippen molar-refractivity contribution in [2.24, 2.45) is 0 Å². The molecule has 3 aromatic heterocycles. The number of amides is 1. The highest BCUT2D eigenvalue weighted by Gasteiger charge is 2.14. The number of nitrogens with zero attached hydrogens (tertiary/aromatic N) is 5. The first-order valence-corrected chi connectivity index (χ1v) is 9.33. The summed E-state index contributed by atoms with van der Waals surface area (Å²) in [7, 11) is 3.84. The van der Waals surface area contributed by atoms with Crippen molar-refractivity contribution in [3.8, 4) is 0 Å². The van der Waals surface area contributed by atoms with Crippen LogP contribution in [0.3, 0.4) is 0 Å². The van der Waals surface area contributed by atoms with Crippen molar-refractivity contribution in [2.45, 2.75) is 12.8 Å². The van der Waals surface area contributed by atoms with Crippen molar-refractivity contribution in [1.82, 2.24) is 19.9 Å². The molecule has 6 nitrogen and oxygen atoms in total. The molecule has 1 amide bonds. The fraction of sp³-hybridized carbons (Fsp3) is 0.273. The average Bonchev–Trinajstić information content (AvgIpc) is 2.76. The van der Waals surface area contributed by atoms with Crippen LogP contribution >= 0.6 is 0 Å². The summed E-state index contributed by atoms with van der Waals surface area (Å²) in [5.74, 6) is -0.0223. The van der Waals surface area contributed by atoms with E-state index in [0.717, 1.165) is 30.6 Å². The van der Waals surface area contributed by atoms with Gasteiger partial charge in [0.25, 0.3) is 5.91 Å². The Balaban J connectivity index is 1.58. The third-order valence-corrected chi connectivity index (χ3v) is 4.73. The number of aromatic nitrogens is 3. The molecule has 3 heterocycles. The molecule has 0 atom stereocenters. The second-order valence-electron chi connectivity index (χ2n) is 6.79. The van der Waals surface area contributed by atoms with Crippen molar-refractivity contribution in [2.75, 3.05) is 32.1 Å². The molecule has 28 heavy (non-hydrogen) atoms. The third-order valence-electron chi connectivity index (χ3n) is 4.73. The maximum atomic E-state index is 12.8. The van der Waals surface area contributed by atoms with E-state index in [1.54, 1.807) is 42.1 Å². The number of hydrogen-bond acceptors (Lipinski definition) is 5. The Labute approximate surface area is 165 Å². The van der Waals surface area contributed by atoms with Crippen molar-refractivity contribution in [1.29, 1.82) is 0 Å². The Kier molecular flexibility index (Phi) is 6.68. The van der Waals surface area contributed by atoms with Crippen LogP contribution in [0.25, 0.3) is 0 Å². The van der Waals surface area contributed by atoms with E-state index in [2.05, 4.69) is 19.9 Å². The second-order valence-corrected chi connectivity index (χ2v) is 6.79. The molecule has 0 spiro atoms. The van der Waals surface area contributed by atoms with Gasteiger partial charge in [-0.25, -0.2) is 0 Å². The molecule has 3 rings (SSSR count). The van der Waals surface area contributed by atoms with E-state index in [-0.39, 0.29) is 5.91 Å². The zero-order chi connectivity index (χ0) is 19.8. The van der Waals surface area contributed by atoms with Gasteiger partial charge in [0.15, 0.2) is 0 Å². The van der Waals surface area contributed by atoms with E-state index in [1.807, 2.05) is 44.4 Å². The number of carbonyl (C=O) groups excluding carboxylic acids is 1. The molecule has 0 aliphatic carbocycles. The van der Waals surface area contributed by atoms with Gasteiger partial charge in [0.05, 0.1) is 17.4 Å². The molecule has 0 saturated carbocycles. The number of likely N-dealkylation sites (N-methyl/N-ethyl adjacent to an activating group) is 2. The first-order chi connectivity index (χ1) is 13.6. The van der Waals surface area contributed by atoms with E-state index in [1.165, 1.54) is 5.56 Å². The summed E-state index contributed by atoms with van der Waals surface area (Å²) in [4.78, 5) is 29.0. The summed E-state index contributed by atoms with van der Waals surface area (Å²) in [5.41, 5.74) is 3.93. The van der Waals surface area contributed by atoms with Crippen LogP contribution in [0.15, 0.2) is 67.5 Å². The van der Waals surface area contributed by atoms with Gasteiger partial charge in [0.1, 0.15) is 0 Å². The van der Waals surface area contributed by atoms with Crippen LogP contribution in [-0.2, 0) is 12.8 Å². The molecule has 0 aliphatic rings. The lowest BCUT2D eigenvalue weighted by molar-refractivity contribution is 0.0796. The first kappa shape index (κ1) is 19.5. The third kappa shape index (κ3) is 5.36. The number of anilines is 1. The fourth-order valence-electron chi connectivity index (χ4n) is 2.90. The van der Waals surface area contributed by atoms with Crippen LogP contribution < -0.4 is 4.90 Å². The number of pyridine rings is 3. The Hall–Kier alpha value is -3.28. The summed E-state index contributed by atoms with van der Waals surface area (Å²) in [6.07, 6.45) is 12.3. The average molecular weight is 375 g/mol.